The number of thiazole rings is 1. The average Bonchev–Trinajstić information content (AvgIpc) is 2.94. The first kappa shape index (κ1) is 10.8. The van der Waals surface area contributed by atoms with Gasteiger partial charge in [0, 0.05) is 18.1 Å². The Morgan fingerprint density at radius 3 is 2.82 bits per heavy atom. The molecule has 1 atom stereocenters. The fraction of sp³-hybridized carbons (Fsp3) is 0.357. The molecule has 1 aliphatic heterocycles. The molecule has 88 valence electrons. The van der Waals surface area contributed by atoms with Crippen LogP contribution in [0.4, 0.5) is 5.13 Å². The molecule has 2 heterocycles. The lowest BCUT2D eigenvalue weighted by Gasteiger charge is -2.35. The Morgan fingerprint density at radius 1 is 1.18 bits per heavy atom. The van der Waals surface area contributed by atoms with Gasteiger partial charge in [0.15, 0.2) is 5.13 Å². The van der Waals surface area contributed by atoms with Crippen molar-refractivity contribution in [3.8, 4) is 0 Å². The number of hydrogen-bond donors (Lipinski definition) is 0. The Labute approximate surface area is 106 Å². The minimum Gasteiger partial charge on any atom is -0.341 e. The summed E-state index contributed by atoms with van der Waals surface area (Å²) in [7, 11) is 0. The van der Waals surface area contributed by atoms with E-state index in [9.17, 15) is 0 Å². The van der Waals surface area contributed by atoms with Crippen molar-refractivity contribution >= 4 is 16.5 Å². The molecule has 1 aromatic heterocycles. The first-order valence-corrected chi connectivity index (χ1v) is 7.04. The lowest BCUT2D eigenvalue weighted by atomic mass is 9.96. The van der Waals surface area contributed by atoms with Crippen LogP contribution in [0.3, 0.4) is 0 Å². The molecule has 0 spiro atoms. The quantitative estimate of drug-likeness (QED) is 0.797. The van der Waals surface area contributed by atoms with Crippen molar-refractivity contribution in [2.24, 2.45) is 0 Å². The lowest BCUT2D eigenvalue weighted by Crippen LogP contribution is -2.33. The van der Waals surface area contributed by atoms with Crippen LogP contribution in [-0.2, 0) is 0 Å². The van der Waals surface area contributed by atoms with Gasteiger partial charge >= 0.3 is 0 Å². The number of hydrogen-bond acceptors (Lipinski definition) is 3. The maximum absolute atomic E-state index is 4.46. The molecule has 2 nitrogen and oxygen atoms in total. The van der Waals surface area contributed by atoms with Crippen molar-refractivity contribution in [3.63, 3.8) is 0 Å². The summed E-state index contributed by atoms with van der Waals surface area (Å²) in [4.78, 5) is 6.92. The Morgan fingerprint density at radius 2 is 2.06 bits per heavy atom. The summed E-state index contributed by atoms with van der Waals surface area (Å²) in [5.74, 6) is 0. The van der Waals surface area contributed by atoms with Gasteiger partial charge < -0.3 is 4.90 Å². The third-order valence-electron chi connectivity index (χ3n) is 3.35. The smallest absolute Gasteiger partial charge is 0.185 e. The summed E-state index contributed by atoms with van der Waals surface area (Å²) in [6.45, 7) is 1.13. The standard InChI is InChI=1S/C14H16N2S/c1-2-6-12(7-3-1)13-8-4-5-10-16(13)14-15-9-11-17-14/h1-3,6-7,9,11,13H,4-5,8,10H2. The largest absolute Gasteiger partial charge is 0.341 e. The normalized spacial score (nSPS) is 20.5. The van der Waals surface area contributed by atoms with Crippen molar-refractivity contribution in [3.05, 3.63) is 47.5 Å². The number of aromatic nitrogens is 1. The molecule has 2 aromatic rings. The molecular weight excluding hydrogens is 228 g/mol. The van der Waals surface area contributed by atoms with Gasteiger partial charge in [-0.1, -0.05) is 30.3 Å². The lowest BCUT2D eigenvalue weighted by molar-refractivity contribution is 0.472. The summed E-state index contributed by atoms with van der Waals surface area (Å²) in [6, 6.07) is 11.3. The highest BCUT2D eigenvalue weighted by molar-refractivity contribution is 7.13. The summed E-state index contributed by atoms with van der Waals surface area (Å²) >= 11 is 1.74. The molecular formula is C14H16N2S. The topological polar surface area (TPSA) is 16.1 Å². The van der Waals surface area contributed by atoms with Crippen molar-refractivity contribution < 1.29 is 0 Å². The van der Waals surface area contributed by atoms with Crippen LogP contribution in [0.5, 0.6) is 0 Å². The van der Waals surface area contributed by atoms with E-state index >= 15 is 0 Å². The third kappa shape index (κ3) is 2.20. The Kier molecular flexibility index (Phi) is 3.10. The van der Waals surface area contributed by atoms with Gasteiger partial charge in [-0.3, -0.25) is 0 Å². The van der Waals surface area contributed by atoms with Crippen LogP contribution in [0, 0.1) is 0 Å². The molecule has 0 saturated carbocycles. The second-order valence-corrected chi connectivity index (χ2v) is 5.30. The molecule has 1 fully saturated rings. The van der Waals surface area contributed by atoms with Crippen molar-refractivity contribution in [1.29, 1.82) is 0 Å². The van der Waals surface area contributed by atoms with E-state index in [2.05, 4.69) is 45.6 Å². The van der Waals surface area contributed by atoms with Crippen LogP contribution in [0.15, 0.2) is 41.9 Å². The molecule has 1 aliphatic rings. The van der Waals surface area contributed by atoms with Gasteiger partial charge in [-0.2, -0.15) is 0 Å². The van der Waals surface area contributed by atoms with Crippen LogP contribution in [0.2, 0.25) is 0 Å². The van der Waals surface area contributed by atoms with E-state index in [1.54, 1.807) is 11.3 Å². The maximum Gasteiger partial charge on any atom is 0.185 e. The predicted molar refractivity (Wildman–Crippen MR) is 72.5 cm³/mol. The van der Waals surface area contributed by atoms with E-state index in [0.29, 0.717) is 6.04 Å². The van der Waals surface area contributed by atoms with E-state index in [1.165, 1.54) is 30.0 Å². The van der Waals surface area contributed by atoms with E-state index < -0.39 is 0 Å². The average molecular weight is 244 g/mol. The van der Waals surface area contributed by atoms with Crippen LogP contribution in [-0.4, -0.2) is 11.5 Å². The minimum atomic E-state index is 0.510. The highest BCUT2D eigenvalue weighted by Gasteiger charge is 2.25. The number of nitrogens with zero attached hydrogens (tertiary/aromatic N) is 2. The highest BCUT2D eigenvalue weighted by atomic mass is 32.1. The first-order valence-electron chi connectivity index (χ1n) is 6.16. The summed E-state index contributed by atoms with van der Waals surface area (Å²) in [5.41, 5.74) is 1.42. The maximum atomic E-state index is 4.46. The molecule has 0 N–H and O–H groups in total. The predicted octanol–water partition coefficient (Wildman–Crippen LogP) is 3.87. The van der Waals surface area contributed by atoms with E-state index in [-0.39, 0.29) is 0 Å². The van der Waals surface area contributed by atoms with Gasteiger partial charge in [-0.05, 0) is 24.8 Å². The van der Waals surface area contributed by atoms with E-state index in [4.69, 9.17) is 0 Å². The molecule has 0 radical (unpaired) electrons. The van der Waals surface area contributed by atoms with Crippen LogP contribution in [0.1, 0.15) is 30.9 Å². The Hall–Kier alpha value is -1.35. The SMILES string of the molecule is c1ccc(C2CCCCN2c2nccs2)cc1. The van der Waals surface area contributed by atoms with Crippen molar-refractivity contribution in [1.82, 2.24) is 4.98 Å². The zero-order valence-corrected chi connectivity index (χ0v) is 10.6. The number of anilines is 1. The van der Waals surface area contributed by atoms with Gasteiger partial charge in [0.05, 0.1) is 6.04 Å². The fourth-order valence-electron chi connectivity index (χ4n) is 2.54. The molecule has 0 aliphatic carbocycles. The van der Waals surface area contributed by atoms with E-state index in [0.717, 1.165) is 6.54 Å². The number of rotatable bonds is 2. The molecule has 1 unspecified atom stereocenters. The molecule has 1 aromatic carbocycles. The second kappa shape index (κ2) is 4.88. The van der Waals surface area contributed by atoms with Crippen molar-refractivity contribution in [2.45, 2.75) is 25.3 Å². The number of benzene rings is 1. The molecule has 0 amide bonds. The molecule has 17 heavy (non-hydrogen) atoms. The summed E-state index contributed by atoms with van der Waals surface area (Å²) in [5, 5.41) is 3.23. The van der Waals surface area contributed by atoms with Crippen LogP contribution >= 0.6 is 11.3 Å². The highest BCUT2D eigenvalue weighted by Crippen LogP contribution is 2.35. The third-order valence-corrected chi connectivity index (χ3v) is 4.16. The minimum absolute atomic E-state index is 0.510. The zero-order chi connectivity index (χ0) is 11.5. The molecule has 3 rings (SSSR count). The monoisotopic (exact) mass is 244 g/mol. The summed E-state index contributed by atoms with van der Waals surface area (Å²) in [6.07, 6.45) is 5.74. The zero-order valence-electron chi connectivity index (χ0n) is 9.75. The van der Waals surface area contributed by atoms with Gasteiger partial charge in [-0.25, -0.2) is 4.98 Å². The summed E-state index contributed by atoms with van der Waals surface area (Å²) < 4.78 is 0. The number of piperidine rings is 1. The Bertz CT molecular complexity index is 452. The van der Waals surface area contributed by atoms with Gasteiger partial charge in [0.1, 0.15) is 0 Å². The van der Waals surface area contributed by atoms with Crippen LogP contribution < -0.4 is 4.90 Å². The van der Waals surface area contributed by atoms with Gasteiger partial charge in [0.25, 0.3) is 0 Å². The second-order valence-electron chi connectivity index (χ2n) is 4.43. The van der Waals surface area contributed by atoms with Crippen LogP contribution in [0.25, 0.3) is 0 Å². The molecule has 3 heteroatoms. The van der Waals surface area contributed by atoms with Gasteiger partial charge in [-0.15, -0.1) is 11.3 Å². The van der Waals surface area contributed by atoms with Crippen molar-refractivity contribution in [2.75, 3.05) is 11.4 Å². The Balaban J connectivity index is 1.91. The van der Waals surface area contributed by atoms with E-state index in [1.807, 2.05) is 6.20 Å². The first-order chi connectivity index (χ1) is 8.45. The molecule has 0 bridgehead atoms. The fourth-order valence-corrected chi connectivity index (χ4v) is 3.26. The molecule has 1 saturated heterocycles. The van der Waals surface area contributed by atoms with Gasteiger partial charge in [0.2, 0.25) is 0 Å².